The lowest BCUT2D eigenvalue weighted by atomic mass is 10.2. The molecule has 0 atom stereocenters. The van der Waals surface area contributed by atoms with E-state index in [1.807, 2.05) is 6.07 Å². The van der Waals surface area contributed by atoms with Gasteiger partial charge in [-0.2, -0.15) is 0 Å². The Kier molecular flexibility index (Phi) is 6.36. The summed E-state index contributed by atoms with van der Waals surface area (Å²) >= 11 is 0. The molecule has 1 amide bonds. The van der Waals surface area contributed by atoms with Crippen molar-refractivity contribution in [1.82, 2.24) is 9.88 Å². The predicted molar refractivity (Wildman–Crippen MR) is 107 cm³/mol. The maximum atomic E-state index is 13.1. The molecule has 8 heteroatoms. The Balaban J connectivity index is 1.96. The largest absolute Gasteiger partial charge is 0.503 e. The van der Waals surface area contributed by atoms with Crippen LogP contribution in [0, 0.1) is 5.82 Å². The van der Waals surface area contributed by atoms with Crippen LogP contribution in [-0.4, -0.2) is 33.3 Å². The second-order valence-corrected chi connectivity index (χ2v) is 6.50. The van der Waals surface area contributed by atoms with E-state index < -0.39 is 29.2 Å². The summed E-state index contributed by atoms with van der Waals surface area (Å²) in [5.74, 6) is -3.41. The van der Waals surface area contributed by atoms with Gasteiger partial charge in [0.25, 0.3) is 5.91 Å². The van der Waals surface area contributed by atoms with Gasteiger partial charge >= 0.3 is 5.97 Å². The molecule has 156 valence electrons. The second kappa shape index (κ2) is 9.13. The fraction of sp³-hybridized carbons (Fsp3) is 0.182. The van der Waals surface area contributed by atoms with Gasteiger partial charge in [0.2, 0.25) is 0 Å². The summed E-state index contributed by atoms with van der Waals surface area (Å²) in [6, 6.07) is 14.5. The standard InChI is InChI=1S/C22H21FN2O5/c1-2-30-22(29)18-20(27)19(26)17(25(18)13-15-6-4-3-5-7-15)21(28)24-12-14-8-10-16(23)11-9-14/h3-11,26-27H,2,12-13H2,1H3,(H,24,28). The zero-order valence-electron chi connectivity index (χ0n) is 16.3. The highest BCUT2D eigenvalue weighted by atomic mass is 19.1. The van der Waals surface area contributed by atoms with Gasteiger partial charge in [-0.25, -0.2) is 9.18 Å². The first-order chi connectivity index (χ1) is 14.4. The van der Waals surface area contributed by atoms with Crippen molar-refractivity contribution >= 4 is 11.9 Å². The first kappa shape index (κ1) is 20.9. The minimum Gasteiger partial charge on any atom is -0.503 e. The van der Waals surface area contributed by atoms with Crippen molar-refractivity contribution in [2.75, 3.05) is 6.61 Å². The Bertz CT molecular complexity index is 1050. The van der Waals surface area contributed by atoms with Crippen LogP contribution in [0.1, 0.15) is 39.0 Å². The highest BCUT2D eigenvalue weighted by Crippen LogP contribution is 2.37. The van der Waals surface area contributed by atoms with E-state index in [1.165, 1.54) is 28.8 Å². The van der Waals surface area contributed by atoms with Gasteiger partial charge in [0.05, 0.1) is 6.61 Å². The van der Waals surface area contributed by atoms with Crippen LogP contribution in [0.3, 0.4) is 0 Å². The zero-order valence-corrected chi connectivity index (χ0v) is 16.3. The first-order valence-electron chi connectivity index (χ1n) is 9.30. The summed E-state index contributed by atoms with van der Waals surface area (Å²) in [6.45, 7) is 1.77. The van der Waals surface area contributed by atoms with Crippen LogP contribution < -0.4 is 5.32 Å². The van der Waals surface area contributed by atoms with Crippen LogP contribution in [0.25, 0.3) is 0 Å². The summed E-state index contributed by atoms with van der Waals surface area (Å²) in [4.78, 5) is 25.2. The number of halogens is 1. The van der Waals surface area contributed by atoms with Crippen LogP contribution in [0.4, 0.5) is 4.39 Å². The van der Waals surface area contributed by atoms with Gasteiger partial charge in [0.1, 0.15) is 5.82 Å². The smallest absolute Gasteiger partial charge is 0.359 e. The summed E-state index contributed by atoms with van der Waals surface area (Å²) in [6.07, 6.45) is 0. The van der Waals surface area contributed by atoms with Crippen molar-refractivity contribution in [1.29, 1.82) is 0 Å². The third-order valence-corrected chi connectivity index (χ3v) is 4.45. The molecule has 30 heavy (non-hydrogen) atoms. The second-order valence-electron chi connectivity index (χ2n) is 6.50. The van der Waals surface area contributed by atoms with Gasteiger partial charge in [-0.1, -0.05) is 42.5 Å². The van der Waals surface area contributed by atoms with E-state index in [9.17, 15) is 24.2 Å². The number of carbonyl (C=O) groups is 2. The molecule has 0 bridgehead atoms. The quantitative estimate of drug-likeness (QED) is 0.518. The Morgan fingerprint density at radius 3 is 2.23 bits per heavy atom. The molecule has 0 aliphatic rings. The van der Waals surface area contributed by atoms with Crippen molar-refractivity contribution in [2.45, 2.75) is 20.0 Å². The molecule has 3 aromatic rings. The van der Waals surface area contributed by atoms with Crippen LogP contribution >= 0.6 is 0 Å². The SMILES string of the molecule is CCOC(=O)c1c(O)c(O)c(C(=O)NCc2ccc(F)cc2)n1Cc1ccccc1. The molecular formula is C22H21FN2O5. The van der Waals surface area contributed by atoms with Gasteiger partial charge in [-0.3, -0.25) is 4.79 Å². The molecule has 2 aromatic carbocycles. The average Bonchev–Trinajstić information content (AvgIpc) is 2.98. The normalized spacial score (nSPS) is 10.6. The minimum atomic E-state index is -0.862. The number of aromatic hydroxyl groups is 2. The number of carbonyl (C=O) groups excluding carboxylic acids is 2. The third-order valence-electron chi connectivity index (χ3n) is 4.45. The molecule has 0 saturated carbocycles. The molecule has 1 aromatic heterocycles. The highest BCUT2D eigenvalue weighted by Gasteiger charge is 2.31. The zero-order chi connectivity index (χ0) is 21.7. The predicted octanol–water partition coefficient (Wildman–Crippen LogP) is 3.19. The van der Waals surface area contributed by atoms with E-state index in [-0.39, 0.29) is 31.1 Å². The summed E-state index contributed by atoms with van der Waals surface area (Å²) < 4.78 is 19.3. The van der Waals surface area contributed by atoms with Crippen molar-refractivity contribution in [3.63, 3.8) is 0 Å². The van der Waals surface area contributed by atoms with Crippen molar-refractivity contribution in [3.05, 3.63) is 82.9 Å². The minimum absolute atomic E-state index is 0.0441. The maximum Gasteiger partial charge on any atom is 0.359 e. The number of aromatic nitrogens is 1. The molecule has 3 rings (SSSR count). The summed E-state index contributed by atoms with van der Waals surface area (Å²) in [5, 5.41) is 23.4. The van der Waals surface area contributed by atoms with Crippen molar-refractivity contribution < 1.29 is 28.9 Å². The average molecular weight is 412 g/mol. The van der Waals surface area contributed by atoms with Gasteiger partial charge < -0.3 is 24.8 Å². The summed E-state index contributed by atoms with van der Waals surface area (Å²) in [5.41, 5.74) is 0.789. The Hall–Kier alpha value is -3.81. The lowest BCUT2D eigenvalue weighted by Gasteiger charge is -2.13. The fourth-order valence-electron chi connectivity index (χ4n) is 3.02. The molecule has 0 unspecified atom stereocenters. The van der Waals surface area contributed by atoms with Crippen LogP contribution in [0.5, 0.6) is 11.5 Å². The van der Waals surface area contributed by atoms with E-state index in [1.54, 1.807) is 31.2 Å². The lowest BCUT2D eigenvalue weighted by molar-refractivity contribution is 0.0510. The molecular weight excluding hydrogens is 391 g/mol. The maximum absolute atomic E-state index is 13.1. The molecule has 1 heterocycles. The topological polar surface area (TPSA) is 101 Å². The number of esters is 1. The lowest BCUT2D eigenvalue weighted by Crippen LogP contribution is -2.27. The number of rotatable bonds is 7. The number of ether oxygens (including phenoxy) is 1. The molecule has 7 nitrogen and oxygen atoms in total. The Labute approximate surface area is 172 Å². The van der Waals surface area contributed by atoms with Crippen molar-refractivity contribution in [3.8, 4) is 11.5 Å². The van der Waals surface area contributed by atoms with Gasteiger partial charge in [0, 0.05) is 13.1 Å². The summed E-state index contributed by atoms with van der Waals surface area (Å²) in [7, 11) is 0. The first-order valence-corrected chi connectivity index (χ1v) is 9.30. The number of amides is 1. The van der Waals surface area contributed by atoms with Gasteiger partial charge in [-0.05, 0) is 30.2 Å². The van der Waals surface area contributed by atoms with Gasteiger partial charge in [0.15, 0.2) is 22.9 Å². The monoisotopic (exact) mass is 412 g/mol. The van der Waals surface area contributed by atoms with Gasteiger partial charge in [-0.15, -0.1) is 0 Å². The van der Waals surface area contributed by atoms with E-state index >= 15 is 0 Å². The molecule has 0 radical (unpaired) electrons. The third kappa shape index (κ3) is 4.43. The molecule has 3 N–H and O–H groups in total. The number of benzene rings is 2. The highest BCUT2D eigenvalue weighted by molar-refractivity contribution is 6.01. The van der Waals surface area contributed by atoms with E-state index in [0.29, 0.717) is 5.56 Å². The fourth-order valence-corrected chi connectivity index (χ4v) is 3.02. The van der Waals surface area contributed by atoms with Crippen LogP contribution in [0.15, 0.2) is 54.6 Å². The van der Waals surface area contributed by atoms with Crippen LogP contribution in [-0.2, 0) is 17.8 Å². The molecule has 0 aliphatic heterocycles. The Morgan fingerprint density at radius 2 is 1.60 bits per heavy atom. The van der Waals surface area contributed by atoms with E-state index in [0.717, 1.165) is 5.56 Å². The molecule has 0 spiro atoms. The molecule has 0 saturated heterocycles. The van der Waals surface area contributed by atoms with E-state index in [2.05, 4.69) is 5.32 Å². The number of hydrogen-bond donors (Lipinski definition) is 3. The van der Waals surface area contributed by atoms with Crippen molar-refractivity contribution in [2.24, 2.45) is 0 Å². The number of nitrogens with one attached hydrogen (secondary N) is 1. The van der Waals surface area contributed by atoms with E-state index in [4.69, 9.17) is 4.74 Å². The van der Waals surface area contributed by atoms with Crippen LogP contribution in [0.2, 0.25) is 0 Å². The molecule has 0 aliphatic carbocycles. The number of hydrogen-bond acceptors (Lipinski definition) is 5. The molecule has 0 fully saturated rings. The number of nitrogens with zero attached hydrogens (tertiary/aromatic N) is 1. The Morgan fingerprint density at radius 1 is 0.967 bits per heavy atom.